The molecule has 1 aromatic rings. The Morgan fingerprint density at radius 3 is 2.75 bits per heavy atom. The number of sulfone groups is 1. The van der Waals surface area contributed by atoms with Crippen LogP contribution >= 0.6 is 0 Å². The summed E-state index contributed by atoms with van der Waals surface area (Å²) in [6.45, 7) is 1.35. The van der Waals surface area contributed by atoms with Crippen LogP contribution in [0.15, 0.2) is 18.2 Å². The highest BCUT2D eigenvalue weighted by atomic mass is 32.2. The Labute approximate surface area is 142 Å². The van der Waals surface area contributed by atoms with Crippen LogP contribution in [-0.4, -0.2) is 44.4 Å². The van der Waals surface area contributed by atoms with Gasteiger partial charge in [-0.25, -0.2) is 8.42 Å². The van der Waals surface area contributed by atoms with Gasteiger partial charge in [0.05, 0.1) is 18.6 Å². The van der Waals surface area contributed by atoms with Gasteiger partial charge >= 0.3 is 0 Å². The van der Waals surface area contributed by atoms with Gasteiger partial charge in [0.1, 0.15) is 15.6 Å². The van der Waals surface area contributed by atoms with Crippen LogP contribution in [0.25, 0.3) is 0 Å². The van der Waals surface area contributed by atoms with E-state index < -0.39 is 9.84 Å². The number of rotatable bonds is 2. The number of carbonyl (C=O) groups excluding carboxylic acids is 1. The molecule has 0 radical (unpaired) electrons. The molecule has 0 aromatic heterocycles. The summed E-state index contributed by atoms with van der Waals surface area (Å²) in [5.41, 5.74) is 2.34. The van der Waals surface area contributed by atoms with Gasteiger partial charge < -0.3 is 9.64 Å². The van der Waals surface area contributed by atoms with Crippen molar-refractivity contribution in [2.45, 2.75) is 32.2 Å². The van der Waals surface area contributed by atoms with Crippen LogP contribution in [0.5, 0.6) is 5.75 Å². The monoisotopic (exact) mass is 349 g/mol. The number of fused-ring (bicyclic) bond motifs is 1. The van der Waals surface area contributed by atoms with Crippen LogP contribution in [-0.2, 0) is 27.6 Å². The predicted octanol–water partition coefficient (Wildman–Crippen LogP) is 1.79. The average Bonchev–Trinajstić information content (AvgIpc) is 3.30. The molecule has 130 valence electrons. The van der Waals surface area contributed by atoms with Crippen molar-refractivity contribution >= 4 is 15.7 Å². The highest BCUT2D eigenvalue weighted by molar-refractivity contribution is 7.91. The van der Waals surface area contributed by atoms with Crippen molar-refractivity contribution in [1.82, 2.24) is 4.90 Å². The molecule has 1 unspecified atom stereocenters. The van der Waals surface area contributed by atoms with E-state index in [9.17, 15) is 13.2 Å². The van der Waals surface area contributed by atoms with Crippen LogP contribution in [0.4, 0.5) is 0 Å². The van der Waals surface area contributed by atoms with Gasteiger partial charge in [-0.3, -0.25) is 4.79 Å². The summed E-state index contributed by atoms with van der Waals surface area (Å²) in [6, 6.07) is 6.00. The van der Waals surface area contributed by atoms with Gasteiger partial charge in [-0.2, -0.15) is 0 Å². The quantitative estimate of drug-likeness (QED) is 0.817. The zero-order valence-electron chi connectivity index (χ0n) is 14.0. The van der Waals surface area contributed by atoms with E-state index in [0.29, 0.717) is 19.4 Å². The molecule has 5 nitrogen and oxygen atoms in total. The maximum atomic E-state index is 12.9. The molecule has 1 aliphatic carbocycles. The van der Waals surface area contributed by atoms with E-state index in [1.807, 2.05) is 17.0 Å². The van der Waals surface area contributed by atoms with Crippen molar-refractivity contribution < 1.29 is 17.9 Å². The molecule has 1 saturated carbocycles. The SMILES string of the molecule is COc1cccc2c1CCN(C(=O)C1CC13CCS(=O)(=O)CC3)C2. The number of ether oxygens (including phenoxy) is 1. The van der Waals surface area contributed by atoms with E-state index in [1.165, 1.54) is 5.56 Å². The Hall–Kier alpha value is -1.56. The molecule has 0 N–H and O–H groups in total. The average molecular weight is 349 g/mol. The van der Waals surface area contributed by atoms with Crippen molar-refractivity contribution in [1.29, 1.82) is 0 Å². The zero-order chi connectivity index (χ0) is 16.9. The number of nitrogens with zero attached hydrogens (tertiary/aromatic N) is 1. The molecular weight excluding hydrogens is 326 g/mol. The lowest BCUT2D eigenvalue weighted by Gasteiger charge is -2.31. The summed E-state index contributed by atoms with van der Waals surface area (Å²) in [6.07, 6.45) is 3.00. The first-order valence-electron chi connectivity index (χ1n) is 8.58. The Morgan fingerprint density at radius 1 is 1.29 bits per heavy atom. The molecule has 4 rings (SSSR count). The van der Waals surface area contributed by atoms with Gasteiger partial charge in [0.15, 0.2) is 0 Å². The zero-order valence-corrected chi connectivity index (χ0v) is 14.8. The van der Waals surface area contributed by atoms with Crippen molar-refractivity contribution in [3.63, 3.8) is 0 Å². The summed E-state index contributed by atoms with van der Waals surface area (Å²) >= 11 is 0. The number of hydrogen-bond acceptors (Lipinski definition) is 4. The molecule has 1 amide bonds. The second kappa shape index (κ2) is 5.48. The first-order valence-corrected chi connectivity index (χ1v) is 10.4. The number of carbonyl (C=O) groups is 1. The summed E-state index contributed by atoms with van der Waals surface area (Å²) in [4.78, 5) is 14.9. The minimum Gasteiger partial charge on any atom is -0.496 e. The number of amides is 1. The minimum atomic E-state index is -2.87. The highest BCUT2D eigenvalue weighted by Gasteiger charge is 2.60. The van der Waals surface area contributed by atoms with Crippen LogP contribution in [0, 0.1) is 11.3 Å². The van der Waals surface area contributed by atoms with Gasteiger partial charge in [0, 0.05) is 24.6 Å². The summed E-state index contributed by atoms with van der Waals surface area (Å²) in [7, 11) is -1.20. The molecule has 3 aliphatic rings. The second-order valence-electron chi connectivity index (χ2n) is 7.38. The first-order chi connectivity index (χ1) is 11.4. The van der Waals surface area contributed by atoms with E-state index >= 15 is 0 Å². The van der Waals surface area contributed by atoms with Crippen molar-refractivity contribution in [3.05, 3.63) is 29.3 Å². The van der Waals surface area contributed by atoms with E-state index in [4.69, 9.17) is 4.74 Å². The molecule has 6 heteroatoms. The van der Waals surface area contributed by atoms with Crippen LogP contribution in [0.2, 0.25) is 0 Å². The molecule has 24 heavy (non-hydrogen) atoms. The Kier molecular flexibility index (Phi) is 3.64. The van der Waals surface area contributed by atoms with Crippen molar-refractivity contribution in [2.75, 3.05) is 25.2 Å². The van der Waals surface area contributed by atoms with Gasteiger partial charge in [0.2, 0.25) is 5.91 Å². The topological polar surface area (TPSA) is 63.7 Å². The smallest absolute Gasteiger partial charge is 0.226 e. The van der Waals surface area contributed by atoms with Crippen LogP contribution < -0.4 is 4.74 Å². The summed E-state index contributed by atoms with van der Waals surface area (Å²) in [5.74, 6) is 1.64. The minimum absolute atomic E-state index is 0.0279. The predicted molar refractivity (Wildman–Crippen MR) is 90.5 cm³/mol. The molecule has 1 saturated heterocycles. The Balaban J connectivity index is 1.46. The largest absolute Gasteiger partial charge is 0.496 e. The highest BCUT2D eigenvalue weighted by Crippen LogP contribution is 2.60. The third-order valence-electron chi connectivity index (χ3n) is 6.06. The van der Waals surface area contributed by atoms with Crippen LogP contribution in [0.1, 0.15) is 30.4 Å². The van der Waals surface area contributed by atoms with Crippen molar-refractivity contribution in [2.24, 2.45) is 11.3 Å². The fourth-order valence-electron chi connectivity index (χ4n) is 4.37. The summed E-state index contributed by atoms with van der Waals surface area (Å²) < 4.78 is 28.7. The van der Waals surface area contributed by atoms with Gasteiger partial charge in [-0.1, -0.05) is 12.1 Å². The van der Waals surface area contributed by atoms with Crippen LogP contribution in [0.3, 0.4) is 0 Å². The second-order valence-corrected chi connectivity index (χ2v) is 9.68. The van der Waals surface area contributed by atoms with Gasteiger partial charge in [-0.15, -0.1) is 0 Å². The lowest BCUT2D eigenvalue weighted by Crippen LogP contribution is -2.39. The number of benzene rings is 1. The molecule has 2 heterocycles. The standard InChI is InChI=1S/C18H23NO4S/c1-23-16-4-2-3-13-12-19(8-5-14(13)16)17(20)15-11-18(15)6-9-24(21,22)10-7-18/h2-4,15H,5-12H2,1H3. The van der Waals surface area contributed by atoms with E-state index in [2.05, 4.69) is 6.07 Å². The van der Waals surface area contributed by atoms with E-state index in [0.717, 1.165) is 30.7 Å². The molecule has 1 aromatic carbocycles. The molecule has 1 atom stereocenters. The maximum absolute atomic E-state index is 12.9. The number of methoxy groups -OCH3 is 1. The normalized spacial score (nSPS) is 26.7. The van der Waals surface area contributed by atoms with E-state index in [1.54, 1.807) is 7.11 Å². The molecule has 0 bridgehead atoms. The first kappa shape index (κ1) is 15.9. The Morgan fingerprint density at radius 2 is 2.04 bits per heavy atom. The molecule has 2 fully saturated rings. The molecular formula is C18H23NO4S. The third-order valence-corrected chi connectivity index (χ3v) is 7.72. The third kappa shape index (κ3) is 2.61. The van der Waals surface area contributed by atoms with Gasteiger partial charge in [-0.05, 0) is 42.7 Å². The van der Waals surface area contributed by atoms with E-state index in [-0.39, 0.29) is 28.7 Å². The Bertz CT molecular complexity index is 772. The molecule has 1 spiro atoms. The lowest BCUT2D eigenvalue weighted by atomic mass is 9.94. The summed E-state index contributed by atoms with van der Waals surface area (Å²) in [5, 5.41) is 0. The number of hydrogen-bond donors (Lipinski definition) is 0. The lowest BCUT2D eigenvalue weighted by molar-refractivity contribution is -0.134. The molecule has 2 aliphatic heterocycles. The fraction of sp³-hybridized carbons (Fsp3) is 0.611. The maximum Gasteiger partial charge on any atom is 0.226 e. The van der Waals surface area contributed by atoms with Gasteiger partial charge in [0.25, 0.3) is 0 Å². The fourth-order valence-corrected chi connectivity index (χ4v) is 6.01. The van der Waals surface area contributed by atoms with Crippen molar-refractivity contribution in [3.8, 4) is 5.75 Å².